The van der Waals surface area contributed by atoms with Crippen LogP contribution in [-0.4, -0.2) is 10.9 Å². The Morgan fingerprint density at radius 2 is 1.81 bits per heavy atom. The molecule has 26 heavy (non-hydrogen) atoms. The van der Waals surface area contributed by atoms with Crippen molar-refractivity contribution in [2.24, 2.45) is 0 Å². The SMILES string of the molecule is CCc1ccccc1Nc1cncc(C(=O)Nc2cc(C)ccc2C)c1. The number of nitrogens with one attached hydrogen (secondary N) is 2. The minimum absolute atomic E-state index is 0.168. The summed E-state index contributed by atoms with van der Waals surface area (Å²) in [6.07, 6.45) is 4.24. The maximum atomic E-state index is 12.6. The number of hydrogen-bond acceptors (Lipinski definition) is 3. The van der Waals surface area contributed by atoms with Crippen molar-refractivity contribution < 1.29 is 4.79 Å². The van der Waals surface area contributed by atoms with E-state index >= 15 is 0 Å². The monoisotopic (exact) mass is 345 g/mol. The number of benzene rings is 2. The summed E-state index contributed by atoms with van der Waals surface area (Å²) >= 11 is 0. The molecule has 4 nitrogen and oxygen atoms in total. The molecule has 0 atom stereocenters. The van der Waals surface area contributed by atoms with Crippen LogP contribution in [0.25, 0.3) is 0 Å². The number of rotatable bonds is 5. The van der Waals surface area contributed by atoms with E-state index < -0.39 is 0 Å². The molecule has 1 amide bonds. The van der Waals surface area contributed by atoms with E-state index in [1.807, 2.05) is 56.3 Å². The molecule has 0 unspecified atom stereocenters. The van der Waals surface area contributed by atoms with Crippen LogP contribution < -0.4 is 10.6 Å². The van der Waals surface area contributed by atoms with Gasteiger partial charge < -0.3 is 10.6 Å². The lowest BCUT2D eigenvalue weighted by molar-refractivity contribution is 0.102. The maximum absolute atomic E-state index is 12.6. The van der Waals surface area contributed by atoms with Gasteiger partial charge in [0.2, 0.25) is 0 Å². The van der Waals surface area contributed by atoms with E-state index in [0.29, 0.717) is 5.56 Å². The lowest BCUT2D eigenvalue weighted by Gasteiger charge is -2.12. The Bertz CT molecular complexity index is 934. The van der Waals surface area contributed by atoms with Crippen LogP contribution in [0.15, 0.2) is 60.9 Å². The first-order valence-electron chi connectivity index (χ1n) is 8.75. The molecule has 1 heterocycles. The van der Waals surface area contributed by atoms with E-state index in [0.717, 1.165) is 34.6 Å². The first-order valence-corrected chi connectivity index (χ1v) is 8.75. The normalized spacial score (nSPS) is 10.4. The lowest BCUT2D eigenvalue weighted by Crippen LogP contribution is -2.13. The summed E-state index contributed by atoms with van der Waals surface area (Å²) in [5.41, 5.74) is 6.52. The van der Waals surface area contributed by atoms with Crippen LogP contribution in [0.4, 0.5) is 17.1 Å². The second-order valence-electron chi connectivity index (χ2n) is 6.37. The van der Waals surface area contributed by atoms with Gasteiger partial charge in [0, 0.05) is 17.6 Å². The van der Waals surface area contributed by atoms with Crippen LogP contribution in [0.1, 0.15) is 34.0 Å². The Morgan fingerprint density at radius 1 is 1.00 bits per heavy atom. The number of nitrogens with zero attached hydrogens (tertiary/aromatic N) is 1. The molecule has 0 saturated heterocycles. The Morgan fingerprint density at radius 3 is 2.62 bits per heavy atom. The first kappa shape index (κ1) is 17.7. The third-order valence-electron chi connectivity index (χ3n) is 4.32. The number of carbonyl (C=O) groups excluding carboxylic acids is 1. The summed E-state index contributed by atoms with van der Waals surface area (Å²) in [6.45, 7) is 6.10. The summed E-state index contributed by atoms with van der Waals surface area (Å²) in [5.74, 6) is -0.168. The van der Waals surface area contributed by atoms with E-state index in [1.54, 1.807) is 12.4 Å². The average molecular weight is 345 g/mol. The van der Waals surface area contributed by atoms with Crippen molar-refractivity contribution >= 4 is 23.0 Å². The predicted octanol–water partition coefficient (Wildman–Crippen LogP) is 5.26. The van der Waals surface area contributed by atoms with E-state index in [-0.39, 0.29) is 5.91 Å². The predicted molar refractivity (Wildman–Crippen MR) is 107 cm³/mol. The fraction of sp³-hybridized carbons (Fsp3) is 0.182. The van der Waals surface area contributed by atoms with Gasteiger partial charge in [-0.25, -0.2) is 0 Å². The highest BCUT2D eigenvalue weighted by molar-refractivity contribution is 6.05. The smallest absolute Gasteiger partial charge is 0.257 e. The van der Waals surface area contributed by atoms with Crippen LogP contribution >= 0.6 is 0 Å². The van der Waals surface area contributed by atoms with Gasteiger partial charge >= 0.3 is 0 Å². The molecular formula is C22H23N3O. The molecule has 0 spiro atoms. The summed E-state index contributed by atoms with van der Waals surface area (Å²) in [6, 6.07) is 16.0. The highest BCUT2D eigenvalue weighted by Crippen LogP contribution is 2.22. The molecular weight excluding hydrogens is 322 g/mol. The van der Waals surface area contributed by atoms with Crippen molar-refractivity contribution in [3.05, 3.63) is 83.2 Å². The highest BCUT2D eigenvalue weighted by Gasteiger charge is 2.10. The van der Waals surface area contributed by atoms with Gasteiger partial charge in [-0.3, -0.25) is 9.78 Å². The van der Waals surface area contributed by atoms with Crippen molar-refractivity contribution in [3.8, 4) is 0 Å². The van der Waals surface area contributed by atoms with Crippen LogP contribution in [0.2, 0.25) is 0 Å². The van der Waals surface area contributed by atoms with E-state index in [4.69, 9.17) is 0 Å². The van der Waals surface area contributed by atoms with Gasteiger partial charge in [-0.1, -0.05) is 37.3 Å². The van der Waals surface area contributed by atoms with Crippen molar-refractivity contribution in [3.63, 3.8) is 0 Å². The highest BCUT2D eigenvalue weighted by atomic mass is 16.1. The van der Waals surface area contributed by atoms with Gasteiger partial charge in [0.25, 0.3) is 5.91 Å². The molecule has 2 N–H and O–H groups in total. The zero-order valence-electron chi connectivity index (χ0n) is 15.3. The zero-order chi connectivity index (χ0) is 18.5. The van der Waals surface area contributed by atoms with E-state index in [2.05, 4.69) is 28.6 Å². The Labute approximate surface area is 154 Å². The second-order valence-corrected chi connectivity index (χ2v) is 6.37. The van der Waals surface area contributed by atoms with E-state index in [1.165, 1.54) is 5.56 Å². The van der Waals surface area contributed by atoms with Gasteiger partial charge in [0.05, 0.1) is 17.4 Å². The first-order chi connectivity index (χ1) is 12.6. The molecule has 0 saturated carbocycles. The fourth-order valence-electron chi connectivity index (χ4n) is 2.80. The molecule has 4 heteroatoms. The topological polar surface area (TPSA) is 54.0 Å². The van der Waals surface area contributed by atoms with Crippen LogP contribution in [0.5, 0.6) is 0 Å². The number of pyridine rings is 1. The molecule has 0 aliphatic carbocycles. The molecule has 2 aromatic carbocycles. The number of anilines is 3. The number of carbonyl (C=O) groups is 1. The maximum Gasteiger partial charge on any atom is 0.257 e. The Kier molecular flexibility index (Phi) is 5.32. The van der Waals surface area contributed by atoms with Gasteiger partial charge in [0.1, 0.15) is 0 Å². The van der Waals surface area contributed by atoms with Crippen molar-refractivity contribution in [1.82, 2.24) is 4.98 Å². The number of amides is 1. The summed E-state index contributed by atoms with van der Waals surface area (Å²) in [4.78, 5) is 16.8. The largest absolute Gasteiger partial charge is 0.354 e. The van der Waals surface area contributed by atoms with Crippen LogP contribution in [0.3, 0.4) is 0 Å². The summed E-state index contributed by atoms with van der Waals surface area (Å²) in [7, 11) is 0. The van der Waals surface area contributed by atoms with Crippen molar-refractivity contribution in [2.45, 2.75) is 27.2 Å². The Balaban J connectivity index is 1.80. The minimum atomic E-state index is -0.168. The second kappa shape index (κ2) is 7.83. The van der Waals surface area contributed by atoms with E-state index in [9.17, 15) is 4.79 Å². The third kappa shape index (κ3) is 4.09. The molecule has 3 rings (SSSR count). The quantitative estimate of drug-likeness (QED) is 0.663. The average Bonchev–Trinajstić information content (AvgIpc) is 2.65. The van der Waals surface area contributed by atoms with Crippen molar-refractivity contribution in [2.75, 3.05) is 10.6 Å². The summed E-state index contributed by atoms with van der Waals surface area (Å²) in [5, 5.41) is 6.33. The van der Waals surface area contributed by atoms with Crippen molar-refractivity contribution in [1.29, 1.82) is 0 Å². The molecule has 0 radical (unpaired) electrons. The van der Waals surface area contributed by atoms with Crippen LogP contribution in [0, 0.1) is 13.8 Å². The number of aryl methyl sites for hydroxylation is 3. The molecule has 1 aromatic heterocycles. The molecule has 3 aromatic rings. The van der Waals surface area contributed by atoms with Gasteiger partial charge in [0.15, 0.2) is 0 Å². The minimum Gasteiger partial charge on any atom is -0.354 e. The van der Waals surface area contributed by atoms with Crippen LogP contribution in [-0.2, 0) is 6.42 Å². The number of hydrogen-bond donors (Lipinski definition) is 2. The zero-order valence-corrected chi connectivity index (χ0v) is 15.3. The molecule has 132 valence electrons. The number of para-hydroxylation sites is 1. The fourth-order valence-corrected chi connectivity index (χ4v) is 2.80. The van der Waals surface area contributed by atoms with Gasteiger partial charge in [-0.15, -0.1) is 0 Å². The Hall–Kier alpha value is -3.14. The third-order valence-corrected chi connectivity index (χ3v) is 4.32. The molecule has 0 aliphatic rings. The standard InChI is InChI=1S/C22H23N3O/c1-4-17-7-5-6-8-20(17)24-19-12-18(13-23-14-19)22(26)25-21-11-15(2)9-10-16(21)3/h5-14,24H,4H2,1-3H3,(H,25,26). The van der Waals surface area contributed by atoms with Gasteiger partial charge in [-0.2, -0.15) is 0 Å². The molecule has 0 fully saturated rings. The lowest BCUT2D eigenvalue weighted by atomic mass is 10.1. The molecule has 0 bridgehead atoms. The molecule has 0 aliphatic heterocycles. The van der Waals surface area contributed by atoms with Gasteiger partial charge in [-0.05, 0) is 55.2 Å². The number of aromatic nitrogens is 1. The summed E-state index contributed by atoms with van der Waals surface area (Å²) < 4.78 is 0.